The molecule has 3 heteroatoms. The van der Waals surface area contributed by atoms with Gasteiger partial charge in [-0.3, -0.25) is 0 Å². The van der Waals surface area contributed by atoms with Gasteiger partial charge in [0.25, 0.3) is 0 Å². The third kappa shape index (κ3) is 1.44. The maximum Gasteiger partial charge on any atom is 0.0930 e. The highest BCUT2D eigenvalue weighted by atomic mass is 16.3. The van der Waals surface area contributed by atoms with Crippen molar-refractivity contribution >= 4 is 12.3 Å². The lowest BCUT2D eigenvalue weighted by Crippen LogP contribution is -2.62. The van der Waals surface area contributed by atoms with Gasteiger partial charge in [-0.05, 0) is 29.5 Å². The molecule has 1 fully saturated rings. The lowest BCUT2D eigenvalue weighted by atomic mass is 9.83. The molecule has 2 aliphatic heterocycles. The van der Waals surface area contributed by atoms with E-state index in [0.29, 0.717) is 6.54 Å². The largest absolute Gasteiger partial charge is 0.389 e. The Kier molecular flexibility index (Phi) is 2.23. The predicted octanol–water partition coefficient (Wildman–Crippen LogP) is -1.10. The molecule has 0 bridgehead atoms. The molecule has 2 unspecified atom stereocenters. The zero-order chi connectivity index (χ0) is 11.0. The van der Waals surface area contributed by atoms with Gasteiger partial charge in [0.1, 0.15) is 0 Å². The summed E-state index contributed by atoms with van der Waals surface area (Å²) in [5.74, 6) is 0. The molecule has 0 saturated carbocycles. The zero-order valence-electron chi connectivity index (χ0n) is 9.11. The van der Waals surface area contributed by atoms with E-state index in [4.69, 9.17) is 0 Å². The predicted molar refractivity (Wildman–Crippen MR) is 64.0 cm³/mol. The summed E-state index contributed by atoms with van der Waals surface area (Å²) in [4.78, 5) is 0. The van der Waals surface area contributed by atoms with Gasteiger partial charge in [0, 0.05) is 12.7 Å². The number of aliphatic hydroxyl groups is 1. The van der Waals surface area contributed by atoms with Gasteiger partial charge in [-0.25, -0.2) is 0 Å². The second-order valence-corrected chi connectivity index (χ2v) is 4.57. The van der Waals surface area contributed by atoms with Crippen molar-refractivity contribution in [2.24, 2.45) is 0 Å². The summed E-state index contributed by atoms with van der Waals surface area (Å²) in [6.45, 7) is 1.59. The van der Waals surface area contributed by atoms with Crippen LogP contribution in [0.4, 0.5) is 0 Å². The van der Waals surface area contributed by atoms with E-state index < -0.39 is 0 Å². The van der Waals surface area contributed by atoms with Gasteiger partial charge in [0.2, 0.25) is 0 Å². The van der Waals surface area contributed by atoms with E-state index in [1.165, 1.54) is 10.4 Å². The number of hydrogen-bond donors (Lipinski definition) is 3. The number of piperidine rings is 1. The lowest BCUT2D eigenvalue weighted by Gasteiger charge is -2.41. The van der Waals surface area contributed by atoms with Crippen LogP contribution >= 0.6 is 0 Å². The van der Waals surface area contributed by atoms with Gasteiger partial charge < -0.3 is 15.7 Å². The highest BCUT2D eigenvalue weighted by molar-refractivity contribution is 5.49. The minimum Gasteiger partial charge on any atom is -0.389 e. The van der Waals surface area contributed by atoms with E-state index in [9.17, 15) is 5.11 Å². The zero-order valence-corrected chi connectivity index (χ0v) is 9.11. The molecule has 2 heterocycles. The SMILES string of the molecule is OC1CNCCC12C=c1ccccc1=CN2. The van der Waals surface area contributed by atoms with Gasteiger partial charge in [0.15, 0.2) is 0 Å². The monoisotopic (exact) mass is 216 g/mol. The quantitative estimate of drug-likeness (QED) is 0.516. The van der Waals surface area contributed by atoms with Crippen molar-refractivity contribution in [3.8, 4) is 0 Å². The second-order valence-electron chi connectivity index (χ2n) is 4.57. The molecule has 3 nitrogen and oxygen atoms in total. The van der Waals surface area contributed by atoms with Crippen LogP contribution in [0.3, 0.4) is 0 Å². The highest BCUT2D eigenvalue weighted by Crippen LogP contribution is 2.21. The van der Waals surface area contributed by atoms with Gasteiger partial charge in [-0.1, -0.05) is 24.3 Å². The molecule has 84 valence electrons. The van der Waals surface area contributed by atoms with Crippen LogP contribution in [0.25, 0.3) is 12.3 Å². The number of rotatable bonds is 0. The van der Waals surface area contributed by atoms with Crippen LogP contribution in [0.1, 0.15) is 6.42 Å². The first kappa shape index (κ1) is 9.87. The Morgan fingerprint density at radius 2 is 2.06 bits per heavy atom. The van der Waals surface area contributed by atoms with Crippen molar-refractivity contribution in [2.75, 3.05) is 13.1 Å². The number of benzene rings is 1. The maximum absolute atomic E-state index is 10.1. The van der Waals surface area contributed by atoms with Crippen molar-refractivity contribution in [3.05, 3.63) is 34.7 Å². The van der Waals surface area contributed by atoms with E-state index >= 15 is 0 Å². The highest BCUT2D eigenvalue weighted by Gasteiger charge is 2.37. The fraction of sp³-hybridized carbons (Fsp3) is 0.385. The average molecular weight is 216 g/mol. The van der Waals surface area contributed by atoms with Crippen molar-refractivity contribution in [1.29, 1.82) is 0 Å². The lowest BCUT2D eigenvalue weighted by molar-refractivity contribution is 0.0801. The van der Waals surface area contributed by atoms with Crippen LogP contribution in [0.5, 0.6) is 0 Å². The molecule has 1 spiro atoms. The number of hydrogen-bond acceptors (Lipinski definition) is 3. The third-order valence-electron chi connectivity index (χ3n) is 3.55. The molecule has 1 saturated heterocycles. The second kappa shape index (κ2) is 3.61. The van der Waals surface area contributed by atoms with E-state index in [1.54, 1.807) is 0 Å². The van der Waals surface area contributed by atoms with Crippen molar-refractivity contribution in [1.82, 2.24) is 10.6 Å². The minimum absolute atomic E-state index is 0.278. The van der Waals surface area contributed by atoms with Crippen LogP contribution in [-0.2, 0) is 0 Å². The first-order valence-corrected chi connectivity index (χ1v) is 5.75. The van der Waals surface area contributed by atoms with E-state index in [0.717, 1.165) is 13.0 Å². The Morgan fingerprint density at radius 1 is 1.25 bits per heavy atom. The topological polar surface area (TPSA) is 44.3 Å². The van der Waals surface area contributed by atoms with Crippen LogP contribution in [0.2, 0.25) is 0 Å². The normalized spacial score (nSPS) is 32.2. The average Bonchev–Trinajstić information content (AvgIpc) is 2.33. The molecule has 2 atom stereocenters. The van der Waals surface area contributed by atoms with Crippen molar-refractivity contribution in [2.45, 2.75) is 18.1 Å². The fourth-order valence-electron chi connectivity index (χ4n) is 2.52. The molecular formula is C13H16N2O. The number of β-amino-alcohol motifs (C(OH)–C–C–N with tert-alkyl or cyclic N) is 1. The molecule has 3 rings (SSSR count). The number of nitrogens with one attached hydrogen (secondary N) is 2. The fourth-order valence-corrected chi connectivity index (χ4v) is 2.52. The van der Waals surface area contributed by atoms with Crippen LogP contribution in [-0.4, -0.2) is 29.8 Å². The molecule has 3 N–H and O–H groups in total. The summed E-state index contributed by atoms with van der Waals surface area (Å²) in [7, 11) is 0. The van der Waals surface area contributed by atoms with E-state index in [2.05, 4.69) is 28.8 Å². The molecule has 1 aromatic rings. The summed E-state index contributed by atoms with van der Waals surface area (Å²) in [5, 5.41) is 19.1. The third-order valence-corrected chi connectivity index (χ3v) is 3.55. The molecular weight excluding hydrogens is 200 g/mol. The Bertz CT molecular complexity index is 511. The molecule has 2 aliphatic rings. The summed E-state index contributed by atoms with van der Waals surface area (Å²) < 4.78 is 0. The van der Waals surface area contributed by atoms with Crippen molar-refractivity contribution in [3.63, 3.8) is 0 Å². The smallest absolute Gasteiger partial charge is 0.0930 e. The molecule has 0 amide bonds. The first-order chi connectivity index (χ1) is 7.80. The maximum atomic E-state index is 10.1. The van der Waals surface area contributed by atoms with Gasteiger partial charge >= 0.3 is 0 Å². The summed E-state index contributed by atoms with van der Waals surface area (Å²) >= 11 is 0. The molecule has 16 heavy (non-hydrogen) atoms. The molecule has 0 aliphatic carbocycles. The summed E-state index contributed by atoms with van der Waals surface area (Å²) in [6.07, 6.45) is 4.74. The molecule has 0 radical (unpaired) electrons. The van der Waals surface area contributed by atoms with E-state index in [1.807, 2.05) is 18.3 Å². The van der Waals surface area contributed by atoms with Gasteiger partial charge in [-0.15, -0.1) is 0 Å². The summed E-state index contributed by atoms with van der Waals surface area (Å²) in [5.41, 5.74) is -0.278. The molecule has 0 aromatic heterocycles. The Labute approximate surface area is 94.5 Å². The minimum atomic E-state index is -0.370. The summed E-state index contributed by atoms with van der Waals surface area (Å²) in [6, 6.07) is 8.25. The van der Waals surface area contributed by atoms with Crippen LogP contribution in [0.15, 0.2) is 24.3 Å². The Hall–Kier alpha value is -1.32. The number of aliphatic hydroxyl groups excluding tert-OH is 1. The molecule has 1 aromatic carbocycles. The standard InChI is InChI=1S/C13H16N2O/c16-12-9-14-6-5-13(12)7-10-3-1-2-4-11(10)8-15-13/h1-4,7-8,12,14-16H,5-6,9H2. The number of fused-ring (bicyclic) bond motifs is 1. The Morgan fingerprint density at radius 3 is 2.88 bits per heavy atom. The van der Waals surface area contributed by atoms with Gasteiger partial charge in [0.05, 0.1) is 11.6 Å². The first-order valence-electron chi connectivity index (χ1n) is 5.75. The van der Waals surface area contributed by atoms with Crippen LogP contribution in [0, 0.1) is 0 Å². The van der Waals surface area contributed by atoms with E-state index in [-0.39, 0.29) is 11.6 Å². The van der Waals surface area contributed by atoms with Crippen LogP contribution < -0.4 is 21.1 Å². The van der Waals surface area contributed by atoms with Gasteiger partial charge in [-0.2, -0.15) is 0 Å². The Balaban J connectivity index is 2.11. The van der Waals surface area contributed by atoms with Crippen molar-refractivity contribution < 1.29 is 5.11 Å².